The molecular weight excluding hydrogens is 880 g/mol. The van der Waals surface area contributed by atoms with Crippen LogP contribution < -0.4 is 36.0 Å². The summed E-state index contributed by atoms with van der Waals surface area (Å²) in [5.74, 6) is -1.15. The minimum absolute atomic E-state index is 0.0914. The Hall–Kier alpha value is -6.11. The summed E-state index contributed by atoms with van der Waals surface area (Å²) in [6.07, 6.45) is 8.23. The molecule has 18 nitrogen and oxygen atoms in total. The van der Waals surface area contributed by atoms with Gasteiger partial charge in [-0.05, 0) is 107 Å². The highest BCUT2D eigenvalue weighted by atomic mass is 35.5. The zero-order valence-electron chi connectivity index (χ0n) is 37.9. The molecule has 6 aliphatic rings. The van der Waals surface area contributed by atoms with Crippen LogP contribution in [-0.2, 0) is 19.1 Å². The summed E-state index contributed by atoms with van der Waals surface area (Å²) in [7, 11) is 1.51. The number of pyridine rings is 1. The van der Waals surface area contributed by atoms with E-state index in [1.54, 1.807) is 29.0 Å². The Morgan fingerprint density at radius 2 is 1.66 bits per heavy atom. The maximum Gasteiger partial charge on any atom is 0.293 e. The van der Waals surface area contributed by atoms with Gasteiger partial charge in [-0.2, -0.15) is 4.98 Å². The Morgan fingerprint density at radius 3 is 2.37 bits per heavy atom. The van der Waals surface area contributed by atoms with E-state index in [1.165, 1.54) is 7.05 Å². The molecule has 1 atom stereocenters. The second-order valence-electron chi connectivity index (χ2n) is 19.1. The summed E-state index contributed by atoms with van der Waals surface area (Å²) in [4.78, 5) is 93.3. The van der Waals surface area contributed by atoms with Crippen molar-refractivity contribution >= 4 is 75.2 Å². The molecule has 5 fully saturated rings. The number of nitrogens with zero attached hydrogens (tertiary/aromatic N) is 7. The average Bonchev–Trinajstić information content (AvgIpc) is 3.54. The molecule has 1 unspecified atom stereocenters. The topological polar surface area (TPSA) is 201 Å². The van der Waals surface area contributed by atoms with E-state index in [0.717, 1.165) is 99.3 Å². The lowest BCUT2D eigenvalue weighted by atomic mass is 9.69. The largest absolute Gasteiger partial charge is 0.478 e. The van der Waals surface area contributed by atoms with Crippen molar-refractivity contribution in [2.24, 2.45) is 5.41 Å². The van der Waals surface area contributed by atoms with Gasteiger partial charge in [0, 0.05) is 81.6 Å². The second-order valence-corrected chi connectivity index (χ2v) is 19.6. The van der Waals surface area contributed by atoms with Gasteiger partial charge in [0.15, 0.2) is 18.2 Å². The van der Waals surface area contributed by atoms with Crippen molar-refractivity contribution in [2.75, 3.05) is 68.0 Å². The highest BCUT2D eigenvalue weighted by Crippen LogP contribution is 2.46. The molecule has 10 rings (SSSR count). The maximum atomic E-state index is 13.4. The molecule has 1 aliphatic carbocycles. The van der Waals surface area contributed by atoms with Crippen molar-refractivity contribution in [3.8, 4) is 5.75 Å². The quantitative estimate of drug-likeness (QED) is 0.169. The Morgan fingerprint density at radius 1 is 0.910 bits per heavy atom. The number of hydrogen-bond donors (Lipinski definition) is 3. The number of likely N-dealkylation sites (tertiary alicyclic amines) is 1. The van der Waals surface area contributed by atoms with Gasteiger partial charge in [-0.15, -0.1) is 0 Å². The number of likely N-dealkylation sites (N-methyl/N-ethyl adjacent to an activating group) is 1. The molecule has 67 heavy (non-hydrogen) atoms. The number of aromatic nitrogens is 3. The first-order valence-corrected chi connectivity index (χ1v) is 23.7. The number of imide groups is 2. The van der Waals surface area contributed by atoms with Gasteiger partial charge >= 0.3 is 0 Å². The maximum absolute atomic E-state index is 13.4. The first-order chi connectivity index (χ1) is 32.3. The first-order valence-electron chi connectivity index (χ1n) is 23.3. The number of fused-ring (bicyclic) bond motifs is 2. The Labute approximate surface area is 392 Å². The van der Waals surface area contributed by atoms with Gasteiger partial charge in [-0.1, -0.05) is 11.6 Å². The molecule has 1 saturated carbocycles. The fourth-order valence-corrected chi connectivity index (χ4v) is 10.8. The van der Waals surface area contributed by atoms with Crippen LogP contribution in [0.1, 0.15) is 92.0 Å². The molecular formula is C48H55ClN10O8. The van der Waals surface area contributed by atoms with E-state index in [9.17, 15) is 28.8 Å². The van der Waals surface area contributed by atoms with Crippen molar-refractivity contribution in [1.29, 1.82) is 0 Å². The van der Waals surface area contributed by atoms with E-state index >= 15 is 0 Å². The summed E-state index contributed by atoms with van der Waals surface area (Å²) in [5, 5.41) is 9.22. The van der Waals surface area contributed by atoms with Gasteiger partial charge < -0.3 is 34.5 Å². The molecule has 2 aromatic heterocycles. The molecule has 352 valence electrons. The van der Waals surface area contributed by atoms with Crippen molar-refractivity contribution < 1.29 is 33.4 Å². The Balaban J connectivity index is 0.675. The van der Waals surface area contributed by atoms with Crippen molar-refractivity contribution in [1.82, 2.24) is 35.0 Å². The monoisotopic (exact) mass is 934 g/mol. The fourth-order valence-electron chi connectivity index (χ4n) is 10.7. The fraction of sp³-hybridized carbons (Fsp3) is 0.500. The highest BCUT2D eigenvalue weighted by Gasteiger charge is 2.50. The van der Waals surface area contributed by atoms with Crippen LogP contribution in [0.4, 0.5) is 23.1 Å². The van der Waals surface area contributed by atoms with Gasteiger partial charge in [-0.25, -0.2) is 4.98 Å². The molecule has 4 saturated heterocycles. The van der Waals surface area contributed by atoms with Crippen LogP contribution in [0.5, 0.6) is 5.75 Å². The number of halogens is 1. The summed E-state index contributed by atoms with van der Waals surface area (Å²) >= 11 is 6.61. The molecule has 2 aromatic carbocycles. The zero-order valence-corrected chi connectivity index (χ0v) is 38.6. The summed E-state index contributed by atoms with van der Waals surface area (Å²) < 4.78 is 13.9. The standard InChI is InChI=1S/C48H55ClN10O8/c1-27(2)58-37-7-4-29(18-28(37)19-39(46(58)65)66-24-41(61)50-3)52-42-36(49)23-51-47(54-42)56-14-10-32(11-15-56)67-33-20-31(21-33)57-25-48(26-57)12-16-55(17-13-48)30-5-6-34-35(22-30)45(64)59(44(34)63)38-8-9-40(60)53-43(38)62/h4-7,18-19,22-23,27,31-33,38H,8-17,20-21,24-26H2,1-3H3,(H,50,61)(H,51,52,54)(H,53,60,62)/t31-,33-,38?. The molecule has 5 amide bonds. The van der Waals surface area contributed by atoms with E-state index in [0.29, 0.717) is 45.1 Å². The predicted octanol–water partition coefficient (Wildman–Crippen LogP) is 4.41. The highest BCUT2D eigenvalue weighted by molar-refractivity contribution is 6.33. The molecule has 0 bridgehead atoms. The van der Waals surface area contributed by atoms with Crippen molar-refractivity contribution in [3.63, 3.8) is 0 Å². The molecule has 7 heterocycles. The summed E-state index contributed by atoms with van der Waals surface area (Å²) in [5.41, 5.74) is 2.96. The molecule has 4 aromatic rings. The van der Waals surface area contributed by atoms with Crippen LogP contribution >= 0.6 is 11.6 Å². The lowest BCUT2D eigenvalue weighted by Gasteiger charge is -2.59. The Kier molecular flexibility index (Phi) is 11.9. The van der Waals surface area contributed by atoms with Gasteiger partial charge in [0.25, 0.3) is 23.3 Å². The van der Waals surface area contributed by atoms with Gasteiger partial charge in [0.05, 0.1) is 35.0 Å². The number of benzene rings is 2. The molecule has 1 spiro atoms. The van der Waals surface area contributed by atoms with Crippen LogP contribution in [0.3, 0.4) is 0 Å². The normalized spacial score (nSPS) is 23.1. The third-order valence-electron chi connectivity index (χ3n) is 14.5. The van der Waals surface area contributed by atoms with Crippen LogP contribution in [0.15, 0.2) is 53.5 Å². The molecule has 3 N–H and O–H groups in total. The number of rotatable bonds is 12. The van der Waals surface area contributed by atoms with Crippen molar-refractivity contribution in [3.05, 3.63) is 75.2 Å². The first kappa shape index (κ1) is 44.7. The predicted molar refractivity (Wildman–Crippen MR) is 250 cm³/mol. The number of hydrogen-bond acceptors (Lipinski definition) is 14. The number of carbonyl (C=O) groups is 5. The van der Waals surface area contributed by atoms with E-state index in [1.807, 2.05) is 38.1 Å². The summed E-state index contributed by atoms with van der Waals surface area (Å²) in [6.45, 7) is 9.01. The van der Waals surface area contributed by atoms with Gasteiger partial charge in [0.1, 0.15) is 11.1 Å². The van der Waals surface area contributed by atoms with E-state index in [4.69, 9.17) is 26.1 Å². The van der Waals surface area contributed by atoms with Crippen LogP contribution in [0, 0.1) is 5.41 Å². The van der Waals surface area contributed by atoms with Crippen LogP contribution in [-0.4, -0.2) is 131 Å². The van der Waals surface area contributed by atoms with Crippen LogP contribution in [0.25, 0.3) is 10.9 Å². The number of carbonyl (C=O) groups excluding carboxylic acids is 5. The third kappa shape index (κ3) is 8.59. The lowest BCUT2D eigenvalue weighted by molar-refractivity contribution is -0.136. The average molecular weight is 935 g/mol. The molecule has 19 heteroatoms. The number of nitrogens with one attached hydrogen (secondary N) is 3. The Bertz CT molecular complexity index is 2720. The number of amides is 5. The minimum atomic E-state index is -0.972. The molecule has 5 aliphatic heterocycles. The number of anilines is 4. The summed E-state index contributed by atoms with van der Waals surface area (Å²) in [6, 6.07) is 12.1. The van der Waals surface area contributed by atoms with E-state index in [2.05, 4.69) is 35.6 Å². The minimum Gasteiger partial charge on any atom is -0.478 e. The van der Waals surface area contributed by atoms with E-state index < -0.39 is 29.7 Å². The number of ether oxygens (including phenoxy) is 2. The smallest absolute Gasteiger partial charge is 0.293 e. The lowest BCUT2D eigenvalue weighted by Crippen LogP contribution is -2.65. The van der Waals surface area contributed by atoms with Crippen LogP contribution in [0.2, 0.25) is 5.02 Å². The molecule has 0 radical (unpaired) electrons. The number of piperidine rings is 3. The third-order valence-corrected chi connectivity index (χ3v) is 14.8. The zero-order chi connectivity index (χ0) is 46.7. The second kappa shape index (κ2) is 17.8. The van der Waals surface area contributed by atoms with Gasteiger partial charge in [0.2, 0.25) is 17.8 Å². The van der Waals surface area contributed by atoms with Gasteiger partial charge in [-0.3, -0.25) is 43.9 Å². The van der Waals surface area contributed by atoms with Crippen molar-refractivity contribution in [2.45, 2.75) is 95.5 Å². The van der Waals surface area contributed by atoms with E-state index in [-0.39, 0.29) is 54.9 Å². The SMILES string of the molecule is CNC(=O)COc1cc2cc(Nc3nc(N4CCC(O[C@H]5C[C@H](N6CC7(CCN(c8ccc9c(c8)C(=O)N(C8CCC(=O)NC8=O)C9=O)CC7)C6)C5)CC4)ncc3Cl)ccc2n(C(C)C)c1=O.